The molecular weight excluding hydrogens is 330 g/mol. The summed E-state index contributed by atoms with van der Waals surface area (Å²) in [6.45, 7) is 4.53. The normalized spacial score (nSPS) is 17.0. The lowest BCUT2D eigenvalue weighted by Gasteiger charge is -2.32. The molecule has 1 atom stereocenters. The molecule has 1 aliphatic rings. The lowest BCUT2D eigenvalue weighted by molar-refractivity contribution is 0.0708. The number of piperazine rings is 1. The van der Waals surface area contributed by atoms with Crippen LogP contribution >= 0.6 is 0 Å². The van der Waals surface area contributed by atoms with E-state index in [4.69, 9.17) is 10.5 Å². The zero-order valence-corrected chi connectivity index (χ0v) is 14.8. The Kier molecular flexibility index (Phi) is 5.53. The summed E-state index contributed by atoms with van der Waals surface area (Å²) in [5, 5.41) is 3.33. The maximum absolute atomic E-state index is 12.7. The van der Waals surface area contributed by atoms with Crippen molar-refractivity contribution in [3.8, 4) is 5.75 Å². The number of carbonyl (C=O) groups is 2. The second kappa shape index (κ2) is 8.01. The fourth-order valence-electron chi connectivity index (χ4n) is 3.05. The Labute approximate surface area is 152 Å². The number of hydrogen-bond donors (Lipinski definition) is 2. The van der Waals surface area contributed by atoms with Crippen molar-refractivity contribution < 1.29 is 14.3 Å². The molecule has 0 radical (unpaired) electrons. The molecule has 1 aliphatic heterocycles. The Morgan fingerprint density at radius 2 is 2.04 bits per heavy atom. The largest absolute Gasteiger partial charge is 0.488 e. The van der Waals surface area contributed by atoms with Gasteiger partial charge in [0, 0.05) is 31.2 Å². The zero-order chi connectivity index (χ0) is 18.5. The second-order valence-electron chi connectivity index (χ2n) is 6.46. The standard InChI is InChI=1S/C20H23N3O3/c1-14-12-23(10-9-22-14)20(25)16-6-4-5-15(11-16)13-26-18-8-3-2-7-17(18)19(21)24/h2-8,11,14,22H,9-10,12-13H2,1H3,(H2,21,24). The Morgan fingerprint density at radius 3 is 2.81 bits per heavy atom. The van der Waals surface area contributed by atoms with E-state index in [9.17, 15) is 9.59 Å². The SMILES string of the molecule is CC1CN(C(=O)c2cccc(COc3ccccc3C(N)=O)c2)CCN1. The first-order valence-corrected chi connectivity index (χ1v) is 8.68. The van der Waals surface area contributed by atoms with Gasteiger partial charge in [0.25, 0.3) is 11.8 Å². The predicted molar refractivity (Wildman–Crippen MR) is 99.1 cm³/mol. The van der Waals surface area contributed by atoms with Crippen molar-refractivity contribution in [2.24, 2.45) is 5.73 Å². The molecule has 1 fully saturated rings. The van der Waals surface area contributed by atoms with E-state index in [2.05, 4.69) is 12.2 Å². The molecule has 3 rings (SSSR count). The molecule has 2 aromatic rings. The summed E-state index contributed by atoms with van der Waals surface area (Å²) in [5.74, 6) is -0.0669. The first-order valence-electron chi connectivity index (χ1n) is 8.68. The van der Waals surface area contributed by atoms with Gasteiger partial charge in [0.2, 0.25) is 0 Å². The summed E-state index contributed by atoms with van der Waals surface area (Å²) >= 11 is 0. The highest BCUT2D eigenvalue weighted by Crippen LogP contribution is 2.19. The van der Waals surface area contributed by atoms with E-state index in [-0.39, 0.29) is 12.5 Å². The number of primary amides is 1. The van der Waals surface area contributed by atoms with Crippen molar-refractivity contribution in [3.05, 3.63) is 65.2 Å². The molecule has 136 valence electrons. The van der Waals surface area contributed by atoms with Crippen LogP contribution in [0.2, 0.25) is 0 Å². The molecule has 1 saturated heterocycles. The van der Waals surface area contributed by atoms with Crippen LogP contribution in [-0.4, -0.2) is 42.4 Å². The van der Waals surface area contributed by atoms with Gasteiger partial charge in [0.15, 0.2) is 0 Å². The minimum Gasteiger partial charge on any atom is -0.488 e. The van der Waals surface area contributed by atoms with Gasteiger partial charge in [-0.3, -0.25) is 9.59 Å². The van der Waals surface area contributed by atoms with Crippen LogP contribution < -0.4 is 15.8 Å². The minimum atomic E-state index is -0.530. The molecule has 2 amide bonds. The summed E-state index contributed by atoms with van der Waals surface area (Å²) in [7, 11) is 0. The third-order valence-corrected chi connectivity index (χ3v) is 4.38. The van der Waals surface area contributed by atoms with Gasteiger partial charge >= 0.3 is 0 Å². The van der Waals surface area contributed by atoms with Crippen LogP contribution in [0.25, 0.3) is 0 Å². The number of para-hydroxylation sites is 1. The Bertz CT molecular complexity index is 806. The Morgan fingerprint density at radius 1 is 1.23 bits per heavy atom. The molecule has 0 aliphatic carbocycles. The van der Waals surface area contributed by atoms with Crippen LogP contribution in [0, 0.1) is 0 Å². The quantitative estimate of drug-likeness (QED) is 0.858. The van der Waals surface area contributed by atoms with Crippen molar-refractivity contribution in [2.75, 3.05) is 19.6 Å². The van der Waals surface area contributed by atoms with E-state index < -0.39 is 5.91 Å². The van der Waals surface area contributed by atoms with Crippen LogP contribution in [0.3, 0.4) is 0 Å². The molecule has 1 unspecified atom stereocenters. The maximum Gasteiger partial charge on any atom is 0.253 e. The zero-order valence-electron chi connectivity index (χ0n) is 14.8. The van der Waals surface area contributed by atoms with E-state index >= 15 is 0 Å². The molecule has 2 aromatic carbocycles. The van der Waals surface area contributed by atoms with Gasteiger partial charge in [0.05, 0.1) is 5.56 Å². The summed E-state index contributed by atoms with van der Waals surface area (Å²) < 4.78 is 5.75. The van der Waals surface area contributed by atoms with Crippen molar-refractivity contribution in [2.45, 2.75) is 19.6 Å². The number of nitrogens with two attached hydrogens (primary N) is 1. The molecular formula is C20H23N3O3. The van der Waals surface area contributed by atoms with Gasteiger partial charge in [0.1, 0.15) is 12.4 Å². The number of nitrogens with zero attached hydrogens (tertiary/aromatic N) is 1. The van der Waals surface area contributed by atoms with Crippen molar-refractivity contribution in [1.29, 1.82) is 0 Å². The fourth-order valence-corrected chi connectivity index (χ4v) is 3.05. The molecule has 0 aromatic heterocycles. The topological polar surface area (TPSA) is 84.7 Å². The molecule has 0 bridgehead atoms. The van der Waals surface area contributed by atoms with E-state index in [1.165, 1.54) is 0 Å². The lowest BCUT2D eigenvalue weighted by Crippen LogP contribution is -2.51. The van der Waals surface area contributed by atoms with E-state index in [1.807, 2.05) is 29.2 Å². The number of hydrogen-bond acceptors (Lipinski definition) is 4. The van der Waals surface area contributed by atoms with Gasteiger partial charge < -0.3 is 20.7 Å². The summed E-state index contributed by atoms with van der Waals surface area (Å²) in [6.07, 6.45) is 0. The van der Waals surface area contributed by atoms with Crippen molar-refractivity contribution in [1.82, 2.24) is 10.2 Å². The molecule has 1 heterocycles. The van der Waals surface area contributed by atoms with E-state index in [1.54, 1.807) is 24.3 Å². The number of nitrogens with one attached hydrogen (secondary N) is 1. The van der Waals surface area contributed by atoms with Crippen LogP contribution in [0.4, 0.5) is 0 Å². The number of carbonyl (C=O) groups excluding carboxylic acids is 2. The van der Waals surface area contributed by atoms with Gasteiger partial charge in [-0.1, -0.05) is 24.3 Å². The van der Waals surface area contributed by atoms with Crippen molar-refractivity contribution in [3.63, 3.8) is 0 Å². The minimum absolute atomic E-state index is 0.0257. The van der Waals surface area contributed by atoms with Gasteiger partial charge in [-0.15, -0.1) is 0 Å². The van der Waals surface area contributed by atoms with Gasteiger partial charge in [-0.2, -0.15) is 0 Å². The Balaban J connectivity index is 1.70. The van der Waals surface area contributed by atoms with E-state index in [0.717, 1.165) is 12.1 Å². The molecule has 0 saturated carbocycles. The number of rotatable bonds is 5. The molecule has 26 heavy (non-hydrogen) atoms. The average molecular weight is 353 g/mol. The molecule has 6 heteroatoms. The van der Waals surface area contributed by atoms with E-state index in [0.29, 0.717) is 36.0 Å². The van der Waals surface area contributed by atoms with Gasteiger partial charge in [-0.25, -0.2) is 0 Å². The lowest BCUT2D eigenvalue weighted by atomic mass is 10.1. The van der Waals surface area contributed by atoms with Crippen LogP contribution in [-0.2, 0) is 6.61 Å². The fraction of sp³-hybridized carbons (Fsp3) is 0.300. The summed E-state index contributed by atoms with van der Waals surface area (Å²) in [4.78, 5) is 26.0. The Hall–Kier alpha value is -2.86. The molecule has 0 spiro atoms. The predicted octanol–water partition coefficient (Wildman–Crippen LogP) is 1.80. The highest BCUT2D eigenvalue weighted by Gasteiger charge is 2.21. The monoisotopic (exact) mass is 353 g/mol. The number of amides is 2. The number of ether oxygens (including phenoxy) is 1. The second-order valence-corrected chi connectivity index (χ2v) is 6.46. The maximum atomic E-state index is 12.7. The third-order valence-electron chi connectivity index (χ3n) is 4.38. The van der Waals surface area contributed by atoms with Crippen LogP contribution in [0.15, 0.2) is 48.5 Å². The molecule has 3 N–H and O–H groups in total. The highest BCUT2D eigenvalue weighted by atomic mass is 16.5. The first-order chi connectivity index (χ1) is 12.5. The van der Waals surface area contributed by atoms with Crippen molar-refractivity contribution >= 4 is 11.8 Å². The third kappa shape index (κ3) is 4.21. The number of benzene rings is 2. The van der Waals surface area contributed by atoms with Crippen LogP contribution in [0.1, 0.15) is 33.2 Å². The van der Waals surface area contributed by atoms with Gasteiger partial charge in [-0.05, 0) is 36.8 Å². The van der Waals surface area contributed by atoms with Crippen LogP contribution in [0.5, 0.6) is 5.75 Å². The molecule has 6 nitrogen and oxygen atoms in total. The summed E-state index contributed by atoms with van der Waals surface area (Å²) in [5.41, 5.74) is 7.21. The highest BCUT2D eigenvalue weighted by molar-refractivity contribution is 5.95. The first kappa shape index (κ1) is 17.9. The average Bonchev–Trinajstić information content (AvgIpc) is 2.66. The summed E-state index contributed by atoms with van der Waals surface area (Å²) in [6, 6.07) is 14.5. The smallest absolute Gasteiger partial charge is 0.253 e.